The zero-order valence-electron chi connectivity index (χ0n) is 57.3. The molecule has 460 valence electrons. The lowest BCUT2D eigenvalue weighted by molar-refractivity contribution is 0.542. The minimum Gasteiger partial charge on any atom is -0.0683 e. The van der Waals surface area contributed by atoms with E-state index < -0.39 is 0 Å². The lowest BCUT2D eigenvalue weighted by atomic mass is 10.0. The molecule has 0 saturated carbocycles. The molecule has 0 radical (unpaired) electrons. The van der Waals surface area contributed by atoms with E-state index in [0.29, 0.717) is 0 Å². The number of hydrogen-bond acceptors (Lipinski definition) is 0. The Morgan fingerprint density at radius 1 is 0.169 bits per heavy atom. The van der Waals surface area contributed by atoms with Crippen LogP contribution < -0.4 is 0 Å². The third kappa shape index (κ3) is 142. The molecule has 0 aromatic carbocycles. The Labute approximate surface area is 500 Å². The Bertz CT molecular complexity index is 592. The van der Waals surface area contributed by atoms with Crippen molar-refractivity contribution in [3.8, 4) is 0 Å². The summed E-state index contributed by atoms with van der Waals surface area (Å²) < 4.78 is 0. The van der Waals surface area contributed by atoms with Gasteiger partial charge in [0.25, 0.3) is 0 Å². The van der Waals surface area contributed by atoms with Crippen molar-refractivity contribution < 1.29 is 0 Å². The first kappa shape index (κ1) is 92.3. The van der Waals surface area contributed by atoms with Crippen molar-refractivity contribution >= 4 is 0 Å². The molecule has 0 saturated heterocycles. The molecule has 0 aliphatic heterocycles. The molecule has 77 heavy (non-hydrogen) atoms. The first-order valence-electron chi connectivity index (χ1n) is 36.0. The minimum atomic E-state index is 1.11. The van der Waals surface area contributed by atoms with Crippen molar-refractivity contribution in [1.82, 2.24) is 0 Å². The number of unbranched alkanes of at least 4 members (excludes halogenated alkanes) is 54. The summed E-state index contributed by atoms with van der Waals surface area (Å²) in [6.45, 7) is 41.3. The zero-order valence-corrected chi connectivity index (χ0v) is 57.3. The number of hydrogen-bond donors (Lipinski definition) is 0. The highest BCUT2D eigenvalue weighted by molar-refractivity contribution is 4.59. The van der Waals surface area contributed by atoms with E-state index in [0.717, 1.165) is 25.7 Å². The fraction of sp³-hybridized carbons (Fsp3) is 0.883. The van der Waals surface area contributed by atoms with Gasteiger partial charge in [0.05, 0.1) is 152 Å². The van der Waals surface area contributed by atoms with Crippen LogP contribution in [0.15, 0.2) is 0 Å². The molecule has 0 aromatic rings. The highest BCUT2D eigenvalue weighted by Crippen LogP contribution is 2.15. The van der Waals surface area contributed by atoms with E-state index in [1.165, 1.54) is 334 Å². The lowest BCUT2D eigenvalue weighted by Crippen LogP contribution is -1.82. The van der Waals surface area contributed by atoms with Crippen LogP contribution >= 0.6 is 0 Å². The fourth-order valence-electron chi connectivity index (χ4n) is 8.65. The molecule has 0 spiro atoms. The molecule has 0 nitrogen and oxygen atoms in total. The quantitative estimate of drug-likeness (QED) is 0.0421. The van der Waals surface area contributed by atoms with Crippen LogP contribution in [0.3, 0.4) is 0 Å². The van der Waals surface area contributed by atoms with Gasteiger partial charge in [-0.1, -0.05) is 235 Å². The third-order valence-corrected chi connectivity index (χ3v) is 14.0. The first-order chi connectivity index (χ1) is 37.9. The summed E-state index contributed by atoms with van der Waals surface area (Å²) in [4.78, 5) is 0. The molecule has 0 aliphatic carbocycles. The van der Waals surface area contributed by atoms with E-state index in [1.54, 1.807) is 0 Å². The largest absolute Gasteiger partial charge is 0.0872 e. The molecule has 0 N–H and O–H groups in total. The highest BCUT2D eigenvalue weighted by atomic mass is 14.0. The Morgan fingerprint density at radius 2 is 0.273 bits per heavy atom. The Balaban J connectivity index is -0.000000122. The van der Waals surface area contributed by atoms with E-state index in [4.69, 9.17) is 0 Å². The second-order valence-electron chi connectivity index (χ2n) is 22.2. The highest BCUT2D eigenvalue weighted by Gasteiger charge is 1.98. The van der Waals surface area contributed by atoms with Crippen LogP contribution in [0.2, 0.25) is 0 Å². The van der Waals surface area contributed by atoms with Gasteiger partial charge in [-0.3, -0.25) is 0 Å². The first-order valence-corrected chi connectivity index (χ1v) is 36.0. The van der Waals surface area contributed by atoms with Crippen molar-refractivity contribution in [2.45, 2.75) is 443 Å². The second-order valence-corrected chi connectivity index (χ2v) is 22.2. The minimum absolute atomic E-state index is 1.11. The van der Waals surface area contributed by atoms with Gasteiger partial charge in [0.15, 0.2) is 0 Å². The van der Waals surface area contributed by atoms with Crippen molar-refractivity contribution in [2.24, 2.45) is 0 Å². The van der Waals surface area contributed by atoms with Crippen molar-refractivity contribution in [3.05, 3.63) is 59.8 Å². The Morgan fingerprint density at radius 3 is 0.377 bits per heavy atom. The molecule has 0 unspecified atom stereocenters. The van der Waals surface area contributed by atoms with E-state index >= 15 is 0 Å². The SMILES string of the molecule is CC.C[CH+]CCCCCCC.C[CH+]CCCCCCC.C[CH+]CCCCCCC.C[CH+]CCCCCCCCCCCC[CH+]C.[CH2+]CCCCCCC.[CH2+]CCCCCCC.[CH2+]CCCCCCCCCCCCCC[CH2+]. The third-order valence-electron chi connectivity index (χ3n) is 14.0. The van der Waals surface area contributed by atoms with Crippen LogP contribution in [0.5, 0.6) is 0 Å². The molecule has 0 fully saturated rings. The summed E-state index contributed by atoms with van der Waals surface area (Å²) in [5.74, 6) is 0. The predicted molar refractivity (Wildman–Crippen MR) is 370 cm³/mol. The smallest absolute Gasteiger partial charge is 0.0683 e. The van der Waals surface area contributed by atoms with Crippen LogP contribution in [-0.2, 0) is 0 Å². The standard InChI is InChI=1S/2C16H32.3C9H19.2C8H17.C2H6/c2*1-3-5-7-9-11-13-15-16-14-12-10-8-6-4-2;3*1-3-5-7-9-8-6-4-2;2*1-3-5-7-8-6-4-2;1-2/h3-4H,5-16H2,1-2H3;1-16H2;3*3H,4-9H2,1-2H3;2*1,3-8H2,2H3;1-2H3/q2*+2;5*+1;. The average molecular weight is 1090 g/mol. The summed E-state index contributed by atoms with van der Waals surface area (Å²) in [6.07, 6.45) is 88.7. The Kier molecular flexibility index (Phi) is 137. The second kappa shape index (κ2) is 114. The molecular weight excluding hydrogens is 925 g/mol. The zero-order chi connectivity index (χ0) is 59.1. The molecule has 0 bridgehead atoms. The van der Waals surface area contributed by atoms with Crippen molar-refractivity contribution in [1.29, 1.82) is 0 Å². The summed E-state index contributed by atoms with van der Waals surface area (Å²) in [6, 6.07) is 0. The maximum atomic E-state index is 3.87. The van der Waals surface area contributed by atoms with E-state index in [1.807, 2.05) is 13.8 Å². The average Bonchev–Trinajstić information content (AvgIpc) is 3.45. The molecule has 0 heteroatoms. The van der Waals surface area contributed by atoms with Gasteiger partial charge in [-0.05, 0) is 116 Å². The maximum absolute atomic E-state index is 3.87. The van der Waals surface area contributed by atoms with Crippen LogP contribution in [-0.4, -0.2) is 0 Å². The monoisotopic (exact) mass is 1090 g/mol. The van der Waals surface area contributed by atoms with Crippen molar-refractivity contribution in [3.63, 3.8) is 0 Å². The van der Waals surface area contributed by atoms with Crippen molar-refractivity contribution in [2.75, 3.05) is 0 Å². The molecule has 0 amide bonds. The lowest BCUT2D eigenvalue weighted by Gasteiger charge is -2.01. The molecule has 0 atom stereocenters. The summed E-state index contributed by atoms with van der Waals surface area (Å²) in [7, 11) is 0. The molecular formula is C77H161+9. The van der Waals surface area contributed by atoms with Gasteiger partial charge < -0.3 is 0 Å². The van der Waals surface area contributed by atoms with Crippen LogP contribution in [0.25, 0.3) is 0 Å². The summed E-state index contributed by atoms with van der Waals surface area (Å²) in [5.41, 5.74) is 0. The maximum Gasteiger partial charge on any atom is 0.0872 e. The Hall–Kier alpha value is -1.17. The normalized spacial score (nSPS) is 9.82. The van der Waals surface area contributed by atoms with Gasteiger partial charge in [-0.25, -0.2) is 0 Å². The fourth-order valence-corrected chi connectivity index (χ4v) is 8.65. The molecule has 0 aromatic heterocycles. The van der Waals surface area contributed by atoms with Gasteiger partial charge in [0.1, 0.15) is 0 Å². The van der Waals surface area contributed by atoms with E-state index in [9.17, 15) is 0 Å². The van der Waals surface area contributed by atoms with Crippen LogP contribution in [0, 0.1) is 59.8 Å². The predicted octanol–water partition coefficient (Wildman–Crippen LogP) is 30.3. The van der Waals surface area contributed by atoms with Gasteiger partial charge in [-0.2, -0.15) is 0 Å². The summed E-state index contributed by atoms with van der Waals surface area (Å²) in [5, 5.41) is 0. The van der Waals surface area contributed by atoms with Gasteiger partial charge in [0, 0.05) is 0 Å². The molecule has 0 heterocycles. The van der Waals surface area contributed by atoms with Crippen LogP contribution in [0.4, 0.5) is 0 Å². The van der Waals surface area contributed by atoms with Crippen LogP contribution in [0.1, 0.15) is 443 Å². The molecule has 0 aliphatic rings. The summed E-state index contributed by atoms with van der Waals surface area (Å²) >= 11 is 0. The van der Waals surface area contributed by atoms with E-state index in [-0.39, 0.29) is 0 Å². The number of rotatable bonds is 54. The topological polar surface area (TPSA) is 0 Å². The van der Waals surface area contributed by atoms with Gasteiger partial charge in [-0.15, -0.1) is 0 Å². The van der Waals surface area contributed by atoms with E-state index in [2.05, 4.69) is 129 Å². The van der Waals surface area contributed by atoms with Gasteiger partial charge >= 0.3 is 0 Å². The van der Waals surface area contributed by atoms with Gasteiger partial charge in [0.2, 0.25) is 0 Å². The molecule has 0 rings (SSSR count).